The lowest BCUT2D eigenvalue weighted by molar-refractivity contribution is -0.121. The molecule has 26 heavy (non-hydrogen) atoms. The molecule has 0 unspecified atom stereocenters. The van der Waals surface area contributed by atoms with Crippen LogP contribution in [0.15, 0.2) is 48.5 Å². The Morgan fingerprint density at radius 1 is 1.23 bits per heavy atom. The highest BCUT2D eigenvalue weighted by Gasteiger charge is 2.23. The standard InChI is InChI=1S/C23H25NO2/c1-23(2)13-12-18-14-16(10-11-21(18)26-23)15-22(25)24-20-9-5-7-17-6-3-4-8-19(17)20/h3-4,6,8,10-14,20H,5,7,9,15H2,1-2H3,(H,24,25)/t20-/m1/s1. The second kappa shape index (κ2) is 6.64. The Morgan fingerprint density at radius 3 is 2.96 bits per heavy atom. The van der Waals surface area contributed by atoms with Crippen LogP contribution in [-0.4, -0.2) is 11.5 Å². The molecule has 134 valence electrons. The maximum atomic E-state index is 12.6. The van der Waals surface area contributed by atoms with Crippen molar-refractivity contribution in [1.29, 1.82) is 0 Å². The molecule has 1 atom stereocenters. The number of carbonyl (C=O) groups excluding carboxylic acids is 1. The van der Waals surface area contributed by atoms with Gasteiger partial charge in [-0.3, -0.25) is 4.79 Å². The molecular weight excluding hydrogens is 322 g/mol. The molecule has 0 bridgehead atoms. The van der Waals surface area contributed by atoms with Crippen LogP contribution in [0, 0.1) is 0 Å². The summed E-state index contributed by atoms with van der Waals surface area (Å²) < 4.78 is 5.95. The van der Waals surface area contributed by atoms with Gasteiger partial charge in [-0.15, -0.1) is 0 Å². The van der Waals surface area contributed by atoms with Crippen LogP contribution in [0.3, 0.4) is 0 Å². The predicted molar refractivity (Wildman–Crippen MR) is 104 cm³/mol. The molecule has 0 saturated heterocycles. The first-order valence-corrected chi connectivity index (χ1v) is 9.38. The zero-order chi connectivity index (χ0) is 18.1. The number of carbonyl (C=O) groups is 1. The summed E-state index contributed by atoms with van der Waals surface area (Å²) in [4.78, 5) is 12.6. The molecule has 2 aromatic rings. The van der Waals surface area contributed by atoms with E-state index in [0.29, 0.717) is 6.42 Å². The first kappa shape index (κ1) is 16.9. The number of hydrogen-bond acceptors (Lipinski definition) is 2. The number of nitrogens with one attached hydrogen (secondary N) is 1. The Morgan fingerprint density at radius 2 is 2.08 bits per heavy atom. The van der Waals surface area contributed by atoms with Crippen LogP contribution in [0.2, 0.25) is 0 Å². The van der Waals surface area contributed by atoms with Crippen molar-refractivity contribution in [2.24, 2.45) is 0 Å². The van der Waals surface area contributed by atoms with Gasteiger partial charge in [0, 0.05) is 5.56 Å². The van der Waals surface area contributed by atoms with Gasteiger partial charge in [0.15, 0.2) is 0 Å². The van der Waals surface area contributed by atoms with Crippen LogP contribution in [0.4, 0.5) is 0 Å². The van der Waals surface area contributed by atoms with E-state index in [1.807, 2.05) is 26.0 Å². The minimum atomic E-state index is -0.278. The van der Waals surface area contributed by atoms with Gasteiger partial charge >= 0.3 is 0 Å². The third-order valence-corrected chi connectivity index (χ3v) is 5.18. The lowest BCUT2D eigenvalue weighted by Crippen LogP contribution is -2.32. The minimum absolute atomic E-state index is 0.0766. The van der Waals surface area contributed by atoms with E-state index < -0.39 is 0 Å². The van der Waals surface area contributed by atoms with E-state index >= 15 is 0 Å². The smallest absolute Gasteiger partial charge is 0.224 e. The zero-order valence-corrected chi connectivity index (χ0v) is 15.4. The number of ether oxygens (including phenoxy) is 1. The fourth-order valence-electron chi connectivity index (χ4n) is 3.87. The van der Waals surface area contributed by atoms with E-state index in [1.165, 1.54) is 11.1 Å². The van der Waals surface area contributed by atoms with Gasteiger partial charge in [-0.05, 0) is 68.0 Å². The fraction of sp³-hybridized carbons (Fsp3) is 0.348. The molecule has 4 rings (SSSR count). The van der Waals surface area contributed by atoms with E-state index in [2.05, 4.69) is 47.8 Å². The molecule has 0 spiro atoms. The van der Waals surface area contributed by atoms with Crippen LogP contribution in [0.5, 0.6) is 5.75 Å². The summed E-state index contributed by atoms with van der Waals surface area (Å²) in [5.74, 6) is 0.954. The van der Waals surface area contributed by atoms with Gasteiger partial charge in [0.2, 0.25) is 5.91 Å². The first-order chi connectivity index (χ1) is 12.5. The Kier molecular flexibility index (Phi) is 4.31. The highest BCUT2D eigenvalue weighted by molar-refractivity contribution is 5.79. The van der Waals surface area contributed by atoms with E-state index in [1.54, 1.807) is 0 Å². The topological polar surface area (TPSA) is 38.3 Å². The number of fused-ring (bicyclic) bond motifs is 2. The van der Waals surface area contributed by atoms with Gasteiger partial charge in [0.1, 0.15) is 11.4 Å². The summed E-state index contributed by atoms with van der Waals surface area (Å²) in [7, 11) is 0. The van der Waals surface area contributed by atoms with Crippen molar-refractivity contribution >= 4 is 12.0 Å². The van der Waals surface area contributed by atoms with E-state index in [4.69, 9.17) is 4.74 Å². The van der Waals surface area contributed by atoms with Crippen LogP contribution in [0.25, 0.3) is 6.08 Å². The van der Waals surface area contributed by atoms with Crippen molar-refractivity contribution in [1.82, 2.24) is 5.32 Å². The molecule has 0 aromatic heterocycles. The highest BCUT2D eigenvalue weighted by atomic mass is 16.5. The Hall–Kier alpha value is -2.55. The number of aryl methyl sites for hydroxylation is 1. The quantitative estimate of drug-likeness (QED) is 0.881. The van der Waals surface area contributed by atoms with E-state index in [9.17, 15) is 4.79 Å². The van der Waals surface area contributed by atoms with Crippen LogP contribution in [0.1, 0.15) is 55.0 Å². The van der Waals surface area contributed by atoms with Crippen molar-refractivity contribution in [2.45, 2.75) is 51.2 Å². The van der Waals surface area contributed by atoms with Gasteiger partial charge in [0.25, 0.3) is 0 Å². The zero-order valence-electron chi connectivity index (χ0n) is 15.4. The van der Waals surface area contributed by atoms with Crippen molar-refractivity contribution in [3.63, 3.8) is 0 Å². The Bertz CT molecular complexity index is 866. The molecule has 2 aromatic carbocycles. The second-order valence-electron chi connectivity index (χ2n) is 7.80. The van der Waals surface area contributed by atoms with E-state index in [-0.39, 0.29) is 17.6 Å². The molecule has 1 amide bonds. The summed E-state index contributed by atoms with van der Waals surface area (Å²) in [6.45, 7) is 4.08. The van der Waals surface area contributed by atoms with E-state index in [0.717, 1.165) is 36.1 Å². The average molecular weight is 347 g/mol. The van der Waals surface area contributed by atoms with Crippen LogP contribution < -0.4 is 10.1 Å². The average Bonchev–Trinajstić information content (AvgIpc) is 2.62. The summed E-state index contributed by atoms with van der Waals surface area (Å²) in [6.07, 6.45) is 7.77. The lowest BCUT2D eigenvalue weighted by Gasteiger charge is -2.28. The fourth-order valence-corrected chi connectivity index (χ4v) is 3.87. The van der Waals surface area contributed by atoms with Gasteiger partial charge in [-0.1, -0.05) is 36.4 Å². The Balaban J connectivity index is 1.45. The molecule has 2 aliphatic rings. The molecule has 1 heterocycles. The van der Waals surface area contributed by atoms with Crippen LogP contribution in [-0.2, 0) is 17.6 Å². The highest BCUT2D eigenvalue weighted by Crippen LogP contribution is 2.32. The first-order valence-electron chi connectivity index (χ1n) is 9.38. The maximum Gasteiger partial charge on any atom is 0.224 e. The van der Waals surface area contributed by atoms with Crippen molar-refractivity contribution in [2.75, 3.05) is 0 Å². The maximum absolute atomic E-state index is 12.6. The lowest BCUT2D eigenvalue weighted by atomic mass is 9.87. The minimum Gasteiger partial charge on any atom is -0.483 e. The number of amides is 1. The number of benzene rings is 2. The van der Waals surface area contributed by atoms with Crippen molar-refractivity contribution in [3.8, 4) is 5.75 Å². The predicted octanol–water partition coefficient (Wildman–Crippen LogP) is 4.61. The molecular formula is C23H25NO2. The summed E-state index contributed by atoms with van der Waals surface area (Å²) >= 11 is 0. The molecule has 3 heteroatoms. The monoisotopic (exact) mass is 347 g/mol. The molecule has 1 aliphatic carbocycles. The van der Waals surface area contributed by atoms with Crippen molar-refractivity contribution < 1.29 is 9.53 Å². The summed E-state index contributed by atoms with van der Waals surface area (Å²) in [5.41, 5.74) is 4.41. The largest absolute Gasteiger partial charge is 0.483 e. The third kappa shape index (κ3) is 3.52. The van der Waals surface area contributed by atoms with Gasteiger partial charge in [-0.2, -0.15) is 0 Å². The normalized spacial score (nSPS) is 19.8. The molecule has 0 saturated carbocycles. The molecule has 3 nitrogen and oxygen atoms in total. The summed E-state index contributed by atoms with van der Waals surface area (Å²) in [5, 5.41) is 3.23. The van der Waals surface area contributed by atoms with Crippen LogP contribution >= 0.6 is 0 Å². The Labute approximate surface area is 155 Å². The van der Waals surface area contributed by atoms with Gasteiger partial charge < -0.3 is 10.1 Å². The number of hydrogen-bond donors (Lipinski definition) is 1. The van der Waals surface area contributed by atoms with Gasteiger partial charge in [-0.25, -0.2) is 0 Å². The third-order valence-electron chi connectivity index (χ3n) is 5.18. The number of rotatable bonds is 3. The molecule has 1 aliphatic heterocycles. The molecule has 1 N–H and O–H groups in total. The van der Waals surface area contributed by atoms with Gasteiger partial charge in [0.05, 0.1) is 12.5 Å². The summed E-state index contributed by atoms with van der Waals surface area (Å²) in [6, 6.07) is 14.6. The van der Waals surface area contributed by atoms with Crippen molar-refractivity contribution in [3.05, 3.63) is 70.8 Å². The second-order valence-corrected chi connectivity index (χ2v) is 7.80. The molecule has 0 radical (unpaired) electrons. The SMILES string of the molecule is CC1(C)C=Cc2cc(CC(=O)N[C@@H]3CCCc4ccccc43)ccc2O1. The molecule has 0 fully saturated rings.